The normalized spacial score (nSPS) is 26.7. The molecule has 1 aromatic carbocycles. The largest absolute Gasteiger partial charge is 0.479 e. The SMILES string of the molecule is CCCCCCCC(/C=C(/O[C@@H]1OC(C(=O)O)[C@H](O)[C@@H](O)C1O)c1ccccc1C)=N\O. The highest BCUT2D eigenvalue weighted by molar-refractivity contribution is 5.99. The van der Waals surface area contributed by atoms with Gasteiger partial charge in [0.25, 0.3) is 0 Å². The van der Waals surface area contributed by atoms with Crippen LogP contribution in [0.25, 0.3) is 5.76 Å². The average molecular weight is 452 g/mol. The Labute approximate surface area is 187 Å². The Hall–Kier alpha value is -2.46. The van der Waals surface area contributed by atoms with Crippen LogP contribution in [0.3, 0.4) is 0 Å². The second kappa shape index (κ2) is 12.5. The van der Waals surface area contributed by atoms with Gasteiger partial charge in [0, 0.05) is 11.6 Å². The van der Waals surface area contributed by atoms with Crippen molar-refractivity contribution in [3.05, 3.63) is 41.5 Å². The molecule has 0 aliphatic carbocycles. The van der Waals surface area contributed by atoms with Crippen molar-refractivity contribution in [2.24, 2.45) is 5.16 Å². The van der Waals surface area contributed by atoms with Crippen molar-refractivity contribution in [3.8, 4) is 0 Å². The van der Waals surface area contributed by atoms with Gasteiger partial charge in [-0.15, -0.1) is 0 Å². The third-order valence-electron chi connectivity index (χ3n) is 5.43. The monoisotopic (exact) mass is 451 g/mol. The predicted octanol–water partition coefficient (Wildman–Crippen LogP) is 2.44. The van der Waals surface area contributed by atoms with Crippen LogP contribution < -0.4 is 0 Å². The molecule has 1 aliphatic heterocycles. The molecule has 5 N–H and O–H groups in total. The Kier molecular flexibility index (Phi) is 10.1. The summed E-state index contributed by atoms with van der Waals surface area (Å²) in [6, 6.07) is 7.20. The predicted molar refractivity (Wildman–Crippen MR) is 117 cm³/mol. The minimum absolute atomic E-state index is 0.182. The van der Waals surface area contributed by atoms with Gasteiger partial charge < -0.3 is 35.1 Å². The summed E-state index contributed by atoms with van der Waals surface area (Å²) in [5, 5.41) is 52.4. The number of aliphatic carboxylic acids is 1. The van der Waals surface area contributed by atoms with E-state index in [2.05, 4.69) is 12.1 Å². The van der Waals surface area contributed by atoms with E-state index >= 15 is 0 Å². The number of oxime groups is 1. The number of rotatable bonds is 11. The number of carboxylic acid groups (broad SMARTS) is 1. The molecule has 0 bridgehead atoms. The third-order valence-corrected chi connectivity index (χ3v) is 5.43. The van der Waals surface area contributed by atoms with Gasteiger partial charge in [0.2, 0.25) is 6.29 Å². The van der Waals surface area contributed by atoms with Crippen LogP contribution in [0.5, 0.6) is 0 Å². The number of aliphatic hydroxyl groups is 3. The molecule has 1 heterocycles. The van der Waals surface area contributed by atoms with E-state index in [4.69, 9.17) is 9.47 Å². The first kappa shape index (κ1) is 25.8. The maximum atomic E-state index is 11.4. The molecule has 0 spiro atoms. The lowest BCUT2D eigenvalue weighted by molar-refractivity contribution is -0.277. The van der Waals surface area contributed by atoms with Gasteiger partial charge in [0.1, 0.15) is 24.1 Å². The lowest BCUT2D eigenvalue weighted by Crippen LogP contribution is -2.60. The molecule has 2 unspecified atom stereocenters. The first-order valence-electron chi connectivity index (χ1n) is 10.9. The molecule has 0 saturated carbocycles. The van der Waals surface area contributed by atoms with Crippen molar-refractivity contribution < 1.29 is 39.9 Å². The van der Waals surface area contributed by atoms with Crippen molar-refractivity contribution in [1.82, 2.24) is 0 Å². The zero-order valence-electron chi connectivity index (χ0n) is 18.4. The van der Waals surface area contributed by atoms with Crippen LogP contribution in [0.2, 0.25) is 0 Å². The maximum Gasteiger partial charge on any atom is 0.335 e. The van der Waals surface area contributed by atoms with E-state index in [9.17, 15) is 30.4 Å². The van der Waals surface area contributed by atoms with E-state index in [-0.39, 0.29) is 5.76 Å². The Balaban J connectivity index is 2.28. The van der Waals surface area contributed by atoms with Crippen molar-refractivity contribution in [2.45, 2.75) is 83.1 Å². The van der Waals surface area contributed by atoms with E-state index in [1.807, 2.05) is 19.1 Å². The first-order valence-corrected chi connectivity index (χ1v) is 10.9. The van der Waals surface area contributed by atoms with Gasteiger partial charge in [-0.1, -0.05) is 62.0 Å². The highest BCUT2D eigenvalue weighted by Crippen LogP contribution is 2.29. The Morgan fingerprint density at radius 1 is 1.09 bits per heavy atom. The second-order valence-electron chi connectivity index (χ2n) is 7.93. The van der Waals surface area contributed by atoms with Crippen LogP contribution >= 0.6 is 0 Å². The summed E-state index contributed by atoms with van der Waals surface area (Å²) >= 11 is 0. The molecule has 1 aliphatic rings. The molecule has 1 fully saturated rings. The number of carboxylic acids is 1. The lowest BCUT2D eigenvalue weighted by atomic mass is 9.98. The fourth-order valence-electron chi connectivity index (χ4n) is 3.51. The fraction of sp³-hybridized carbons (Fsp3) is 0.565. The number of hydrogen-bond acceptors (Lipinski definition) is 8. The van der Waals surface area contributed by atoms with E-state index in [0.29, 0.717) is 17.7 Å². The molecule has 1 aromatic rings. The minimum atomic E-state index is -1.81. The number of aliphatic hydroxyl groups excluding tert-OH is 3. The summed E-state index contributed by atoms with van der Waals surface area (Å²) in [6.45, 7) is 3.96. The van der Waals surface area contributed by atoms with Gasteiger partial charge in [-0.25, -0.2) is 4.79 Å². The molecule has 32 heavy (non-hydrogen) atoms. The van der Waals surface area contributed by atoms with Crippen LogP contribution in [-0.2, 0) is 14.3 Å². The number of carbonyl (C=O) groups is 1. The van der Waals surface area contributed by atoms with Gasteiger partial charge in [0.15, 0.2) is 6.10 Å². The molecule has 2 rings (SSSR count). The van der Waals surface area contributed by atoms with Gasteiger partial charge >= 0.3 is 5.97 Å². The zero-order valence-corrected chi connectivity index (χ0v) is 18.4. The molecule has 5 atom stereocenters. The number of nitrogens with zero attached hydrogens (tertiary/aromatic N) is 1. The third kappa shape index (κ3) is 6.77. The number of allylic oxidation sites excluding steroid dienone is 1. The zero-order chi connectivity index (χ0) is 23.7. The van der Waals surface area contributed by atoms with E-state index < -0.39 is 36.7 Å². The number of benzene rings is 1. The number of ether oxygens (including phenoxy) is 2. The van der Waals surface area contributed by atoms with Gasteiger partial charge in [0.05, 0.1) is 5.71 Å². The Morgan fingerprint density at radius 3 is 2.41 bits per heavy atom. The van der Waals surface area contributed by atoms with Crippen LogP contribution in [0.1, 0.15) is 56.6 Å². The van der Waals surface area contributed by atoms with E-state index in [1.54, 1.807) is 12.1 Å². The summed E-state index contributed by atoms with van der Waals surface area (Å²) in [6.07, 6.45) is -1.51. The maximum absolute atomic E-state index is 11.4. The molecule has 0 radical (unpaired) electrons. The molecule has 0 amide bonds. The molecule has 0 aromatic heterocycles. The summed E-state index contributed by atoms with van der Waals surface area (Å²) in [4.78, 5) is 11.4. The fourth-order valence-corrected chi connectivity index (χ4v) is 3.51. The second-order valence-corrected chi connectivity index (χ2v) is 7.93. The lowest BCUT2D eigenvalue weighted by Gasteiger charge is -2.38. The van der Waals surface area contributed by atoms with E-state index in [1.165, 1.54) is 6.08 Å². The van der Waals surface area contributed by atoms with Crippen molar-refractivity contribution >= 4 is 17.4 Å². The van der Waals surface area contributed by atoms with Crippen LogP contribution in [0.15, 0.2) is 35.5 Å². The minimum Gasteiger partial charge on any atom is -0.479 e. The molecule has 9 heteroatoms. The van der Waals surface area contributed by atoms with Crippen LogP contribution in [0.4, 0.5) is 0 Å². The smallest absolute Gasteiger partial charge is 0.335 e. The number of unbranched alkanes of at least 4 members (excludes halogenated alkanes) is 4. The van der Waals surface area contributed by atoms with Crippen LogP contribution in [-0.4, -0.2) is 68.0 Å². The molecule has 9 nitrogen and oxygen atoms in total. The summed E-state index contributed by atoms with van der Waals surface area (Å²) < 4.78 is 11.1. The standard InChI is InChI=1S/C23H33NO8/c1-3-4-5-6-7-11-15(24-30)13-17(16-12-9-8-10-14(16)2)31-23-20(27)18(25)19(26)21(32-23)22(28)29/h8-10,12-13,18-21,23,25-27,30H,3-7,11H2,1-2H3,(H,28,29)/b17-13+,24-15+/t18-,19-,20?,21?,23-/m1/s1. The highest BCUT2D eigenvalue weighted by atomic mass is 16.7. The number of hydrogen-bond donors (Lipinski definition) is 5. The molecule has 1 saturated heterocycles. The highest BCUT2D eigenvalue weighted by Gasteiger charge is 2.48. The van der Waals surface area contributed by atoms with E-state index in [0.717, 1.165) is 37.7 Å². The molecular weight excluding hydrogens is 418 g/mol. The van der Waals surface area contributed by atoms with Crippen LogP contribution in [0, 0.1) is 6.92 Å². The van der Waals surface area contributed by atoms with Gasteiger partial charge in [-0.05, 0) is 25.3 Å². The van der Waals surface area contributed by atoms with Crippen molar-refractivity contribution in [3.63, 3.8) is 0 Å². The van der Waals surface area contributed by atoms with Crippen molar-refractivity contribution in [2.75, 3.05) is 0 Å². The quantitative estimate of drug-likeness (QED) is 0.113. The summed E-state index contributed by atoms with van der Waals surface area (Å²) in [5.74, 6) is -1.32. The summed E-state index contributed by atoms with van der Waals surface area (Å²) in [7, 11) is 0. The van der Waals surface area contributed by atoms with Gasteiger partial charge in [-0.2, -0.15) is 0 Å². The van der Waals surface area contributed by atoms with Gasteiger partial charge in [-0.3, -0.25) is 0 Å². The first-order chi connectivity index (χ1) is 15.3. The summed E-state index contributed by atoms with van der Waals surface area (Å²) in [5.41, 5.74) is 1.78. The number of aryl methyl sites for hydroxylation is 1. The molecular formula is C23H33NO8. The van der Waals surface area contributed by atoms with Crippen molar-refractivity contribution in [1.29, 1.82) is 0 Å². The Morgan fingerprint density at radius 2 is 1.78 bits per heavy atom. The topological polar surface area (TPSA) is 149 Å². The average Bonchev–Trinajstić information content (AvgIpc) is 2.77. The molecule has 178 valence electrons. The Bertz CT molecular complexity index is 809.